The molecule has 0 heterocycles. The molecule has 1 atom stereocenters. The Labute approximate surface area is 193 Å². The van der Waals surface area contributed by atoms with Gasteiger partial charge in [0.25, 0.3) is 0 Å². The predicted molar refractivity (Wildman–Crippen MR) is 129 cm³/mol. The van der Waals surface area contributed by atoms with Gasteiger partial charge in [-0.2, -0.15) is 0 Å². The summed E-state index contributed by atoms with van der Waals surface area (Å²) < 4.78 is 5.82. The predicted octanol–water partition coefficient (Wildman–Crippen LogP) is 6.38. The van der Waals surface area contributed by atoms with E-state index in [4.69, 9.17) is 4.74 Å². The van der Waals surface area contributed by atoms with Crippen LogP contribution >= 0.6 is 0 Å². The Morgan fingerprint density at radius 1 is 0.727 bits per heavy atom. The number of carbonyl (C=O) groups is 2. The number of ketones is 1. The molecule has 33 heavy (non-hydrogen) atoms. The third-order valence-electron chi connectivity index (χ3n) is 6.39. The third-order valence-corrected chi connectivity index (χ3v) is 6.39. The molecule has 0 saturated carbocycles. The van der Waals surface area contributed by atoms with Crippen molar-refractivity contribution in [3.05, 3.63) is 131 Å². The van der Waals surface area contributed by atoms with Gasteiger partial charge in [0.2, 0.25) is 0 Å². The largest absolute Gasteiger partial charge is 0.464 e. The molecule has 0 amide bonds. The Bertz CT molecular complexity index is 1280. The summed E-state index contributed by atoms with van der Waals surface area (Å²) in [6.45, 7) is 2.12. The molecule has 3 nitrogen and oxygen atoms in total. The lowest BCUT2D eigenvalue weighted by atomic mass is 9.95. The lowest BCUT2D eigenvalue weighted by Crippen LogP contribution is -2.17. The van der Waals surface area contributed by atoms with E-state index in [1.165, 1.54) is 22.3 Å². The normalized spacial score (nSPS) is 13.1. The highest BCUT2D eigenvalue weighted by Crippen LogP contribution is 2.44. The second-order valence-corrected chi connectivity index (χ2v) is 8.40. The molecule has 0 aromatic heterocycles. The number of esters is 1. The number of fused-ring (bicyclic) bond motifs is 3. The highest BCUT2D eigenvalue weighted by Gasteiger charge is 2.30. The van der Waals surface area contributed by atoms with Crippen molar-refractivity contribution >= 4 is 11.8 Å². The van der Waals surface area contributed by atoms with E-state index in [1.54, 1.807) is 24.3 Å². The maximum absolute atomic E-state index is 13.0. The van der Waals surface area contributed by atoms with Gasteiger partial charge in [-0.15, -0.1) is 0 Å². The van der Waals surface area contributed by atoms with Crippen molar-refractivity contribution in [2.45, 2.75) is 18.8 Å². The van der Waals surface area contributed by atoms with Gasteiger partial charge in [-0.3, -0.25) is 9.59 Å². The Morgan fingerprint density at radius 3 is 1.97 bits per heavy atom. The fourth-order valence-corrected chi connectivity index (χ4v) is 4.57. The van der Waals surface area contributed by atoms with Gasteiger partial charge in [0.1, 0.15) is 6.61 Å². The Hall–Kier alpha value is -3.98. The van der Waals surface area contributed by atoms with Crippen LogP contribution < -0.4 is 0 Å². The quantitative estimate of drug-likeness (QED) is 0.262. The van der Waals surface area contributed by atoms with Crippen molar-refractivity contribution in [1.82, 2.24) is 0 Å². The minimum atomic E-state index is -0.472. The molecule has 0 bridgehead atoms. The molecule has 162 valence electrons. The molecule has 0 saturated heterocycles. The fourth-order valence-electron chi connectivity index (χ4n) is 4.57. The van der Waals surface area contributed by atoms with Crippen LogP contribution in [0.3, 0.4) is 0 Å². The van der Waals surface area contributed by atoms with Crippen molar-refractivity contribution in [3.63, 3.8) is 0 Å². The van der Waals surface area contributed by atoms with Gasteiger partial charge in [0.15, 0.2) is 5.78 Å². The Morgan fingerprint density at radius 2 is 1.30 bits per heavy atom. The molecule has 1 aliphatic rings. The van der Waals surface area contributed by atoms with Crippen LogP contribution in [0.2, 0.25) is 0 Å². The number of rotatable bonds is 6. The molecule has 0 spiro atoms. The molecule has 1 unspecified atom stereocenters. The number of ether oxygens (including phenoxy) is 1. The first-order valence-electron chi connectivity index (χ1n) is 11.2. The molecular formula is C30H24O3. The summed E-state index contributed by atoms with van der Waals surface area (Å²) in [5, 5.41) is 0. The van der Waals surface area contributed by atoms with E-state index in [0.717, 1.165) is 5.56 Å². The SMILES string of the molecule is CC(C(=O)OCC1c2ccccc2-c2ccccc21)c1cccc(C(=O)c2ccccc2)c1. The smallest absolute Gasteiger partial charge is 0.313 e. The standard InChI is InChI=1S/C30H24O3/c1-20(22-12-9-13-23(18-22)29(31)21-10-3-2-4-11-21)30(32)33-19-28-26-16-7-5-14-24(26)25-15-6-8-17-27(25)28/h2-18,20,28H,19H2,1H3. The molecule has 3 heteroatoms. The third kappa shape index (κ3) is 3.98. The molecule has 0 radical (unpaired) electrons. The van der Waals surface area contributed by atoms with Crippen molar-refractivity contribution < 1.29 is 14.3 Å². The summed E-state index contributed by atoms with van der Waals surface area (Å²) >= 11 is 0. The van der Waals surface area contributed by atoms with E-state index in [2.05, 4.69) is 24.3 Å². The first-order chi connectivity index (χ1) is 16.1. The summed E-state index contributed by atoms with van der Waals surface area (Å²) in [5.41, 5.74) is 6.75. The first kappa shape index (κ1) is 20.9. The van der Waals surface area contributed by atoms with E-state index in [9.17, 15) is 9.59 Å². The van der Waals surface area contributed by atoms with Crippen molar-refractivity contribution in [1.29, 1.82) is 0 Å². The Kier molecular flexibility index (Phi) is 5.62. The van der Waals surface area contributed by atoms with E-state index >= 15 is 0 Å². The summed E-state index contributed by atoms with van der Waals surface area (Å²) in [6, 6.07) is 33.0. The zero-order chi connectivity index (χ0) is 22.8. The molecule has 5 rings (SSSR count). The zero-order valence-corrected chi connectivity index (χ0v) is 18.4. The average Bonchev–Trinajstić information content (AvgIpc) is 3.20. The second kappa shape index (κ2) is 8.87. The molecule has 4 aromatic rings. The van der Waals surface area contributed by atoms with Gasteiger partial charge in [0, 0.05) is 17.0 Å². The highest BCUT2D eigenvalue weighted by atomic mass is 16.5. The van der Waals surface area contributed by atoms with E-state index in [-0.39, 0.29) is 17.7 Å². The number of carbonyl (C=O) groups excluding carboxylic acids is 2. The molecule has 0 N–H and O–H groups in total. The zero-order valence-electron chi connectivity index (χ0n) is 18.4. The molecule has 0 aliphatic heterocycles. The molecule has 0 fully saturated rings. The van der Waals surface area contributed by atoms with Crippen LogP contribution in [0.15, 0.2) is 103 Å². The van der Waals surface area contributed by atoms with Crippen molar-refractivity contribution in [3.8, 4) is 11.1 Å². The summed E-state index contributed by atoms with van der Waals surface area (Å²) in [5.74, 6) is -0.793. The number of hydrogen-bond donors (Lipinski definition) is 0. The van der Waals surface area contributed by atoms with Gasteiger partial charge in [0.05, 0.1) is 5.92 Å². The maximum atomic E-state index is 13.0. The summed E-state index contributed by atoms with van der Waals surface area (Å²) in [7, 11) is 0. The van der Waals surface area contributed by atoms with Crippen LogP contribution in [0.5, 0.6) is 0 Å². The lowest BCUT2D eigenvalue weighted by Gasteiger charge is -2.17. The van der Waals surface area contributed by atoms with E-state index < -0.39 is 5.92 Å². The fraction of sp³-hybridized carbons (Fsp3) is 0.133. The number of hydrogen-bond acceptors (Lipinski definition) is 3. The molecular weight excluding hydrogens is 408 g/mol. The minimum absolute atomic E-state index is 0.0274. The first-order valence-corrected chi connectivity index (χ1v) is 11.2. The van der Waals surface area contributed by atoms with Gasteiger partial charge >= 0.3 is 5.97 Å². The van der Waals surface area contributed by atoms with Crippen LogP contribution in [-0.2, 0) is 9.53 Å². The summed E-state index contributed by atoms with van der Waals surface area (Å²) in [6.07, 6.45) is 0. The van der Waals surface area contributed by atoms with Crippen LogP contribution in [0.4, 0.5) is 0 Å². The average molecular weight is 433 g/mol. The van der Waals surface area contributed by atoms with Gasteiger partial charge in [-0.05, 0) is 40.8 Å². The second-order valence-electron chi connectivity index (χ2n) is 8.40. The van der Waals surface area contributed by atoms with Crippen molar-refractivity contribution in [2.75, 3.05) is 6.61 Å². The monoisotopic (exact) mass is 432 g/mol. The van der Waals surface area contributed by atoms with Gasteiger partial charge in [-0.25, -0.2) is 0 Å². The number of benzene rings is 4. The van der Waals surface area contributed by atoms with Gasteiger partial charge in [-0.1, -0.05) is 97.1 Å². The van der Waals surface area contributed by atoms with Crippen LogP contribution in [0, 0.1) is 0 Å². The molecule has 1 aliphatic carbocycles. The van der Waals surface area contributed by atoms with Crippen LogP contribution in [0.1, 0.15) is 51.4 Å². The van der Waals surface area contributed by atoms with Gasteiger partial charge < -0.3 is 4.74 Å². The van der Waals surface area contributed by atoms with E-state index in [1.807, 2.05) is 61.5 Å². The van der Waals surface area contributed by atoms with E-state index in [0.29, 0.717) is 17.7 Å². The topological polar surface area (TPSA) is 43.4 Å². The molecule has 4 aromatic carbocycles. The minimum Gasteiger partial charge on any atom is -0.464 e. The van der Waals surface area contributed by atoms with Crippen LogP contribution in [0.25, 0.3) is 11.1 Å². The Balaban J connectivity index is 1.32. The summed E-state index contributed by atoms with van der Waals surface area (Å²) in [4.78, 5) is 25.8. The van der Waals surface area contributed by atoms with Crippen LogP contribution in [-0.4, -0.2) is 18.4 Å². The highest BCUT2D eigenvalue weighted by molar-refractivity contribution is 6.09. The maximum Gasteiger partial charge on any atom is 0.313 e. The lowest BCUT2D eigenvalue weighted by molar-refractivity contribution is -0.145. The van der Waals surface area contributed by atoms with Crippen molar-refractivity contribution in [2.24, 2.45) is 0 Å².